The third kappa shape index (κ3) is 3.98. The lowest BCUT2D eigenvalue weighted by Gasteiger charge is -2.12. The summed E-state index contributed by atoms with van der Waals surface area (Å²) in [6.07, 6.45) is 4.51. The monoisotopic (exact) mass is 388 g/mol. The van der Waals surface area contributed by atoms with Gasteiger partial charge in [-0.3, -0.25) is 0 Å². The number of benzene rings is 2. The zero-order chi connectivity index (χ0) is 20.5. The molecule has 3 aromatic rings. The number of nitrogens with zero attached hydrogens (tertiary/aromatic N) is 2. The van der Waals surface area contributed by atoms with Crippen molar-refractivity contribution in [3.8, 4) is 28.6 Å². The second-order valence-electron chi connectivity index (χ2n) is 8.43. The van der Waals surface area contributed by atoms with Gasteiger partial charge < -0.3 is 9.26 Å². The van der Waals surface area contributed by atoms with Crippen LogP contribution in [0.25, 0.3) is 28.4 Å². The summed E-state index contributed by atoms with van der Waals surface area (Å²) < 4.78 is 11.4. The van der Waals surface area contributed by atoms with Crippen LogP contribution < -0.4 is 4.74 Å². The average molecular weight is 389 g/mol. The summed E-state index contributed by atoms with van der Waals surface area (Å²) in [6, 6.07) is 12.4. The Hall–Kier alpha value is -2.88. The first-order valence-electron chi connectivity index (χ1n) is 10.4. The van der Waals surface area contributed by atoms with Gasteiger partial charge in [-0.25, -0.2) is 0 Å². The Morgan fingerprint density at radius 2 is 1.86 bits per heavy atom. The Morgan fingerprint density at radius 1 is 1.07 bits per heavy atom. The van der Waals surface area contributed by atoms with E-state index in [2.05, 4.69) is 43.3 Å². The highest BCUT2D eigenvalue weighted by molar-refractivity contribution is 5.80. The van der Waals surface area contributed by atoms with E-state index in [1.807, 2.05) is 39.0 Å². The third-order valence-corrected chi connectivity index (χ3v) is 5.15. The quantitative estimate of drug-likeness (QED) is 0.484. The fourth-order valence-corrected chi connectivity index (χ4v) is 3.90. The Kier molecular flexibility index (Phi) is 5.27. The Labute approximate surface area is 172 Å². The molecule has 29 heavy (non-hydrogen) atoms. The van der Waals surface area contributed by atoms with E-state index in [0.29, 0.717) is 17.6 Å². The number of fused-ring (bicyclic) bond motifs is 1. The molecule has 4 nitrogen and oxygen atoms in total. The summed E-state index contributed by atoms with van der Waals surface area (Å²) >= 11 is 0. The summed E-state index contributed by atoms with van der Waals surface area (Å²) in [5, 5.41) is 4.29. The summed E-state index contributed by atoms with van der Waals surface area (Å²) in [6.45, 7) is 10.6. The maximum Gasteiger partial charge on any atom is 0.258 e. The number of aryl methyl sites for hydroxylation is 1. The molecule has 0 unspecified atom stereocenters. The summed E-state index contributed by atoms with van der Waals surface area (Å²) in [4.78, 5) is 4.70. The van der Waals surface area contributed by atoms with Gasteiger partial charge in [-0.1, -0.05) is 43.3 Å². The highest BCUT2D eigenvalue weighted by Crippen LogP contribution is 2.37. The van der Waals surface area contributed by atoms with Crippen LogP contribution in [0.5, 0.6) is 5.75 Å². The number of hydrogen-bond acceptors (Lipinski definition) is 4. The molecule has 1 aliphatic rings. The molecule has 0 aliphatic heterocycles. The lowest BCUT2D eigenvalue weighted by molar-refractivity contribution is 0.241. The topological polar surface area (TPSA) is 48.2 Å². The van der Waals surface area contributed by atoms with E-state index >= 15 is 0 Å². The van der Waals surface area contributed by atoms with Crippen LogP contribution in [-0.2, 0) is 6.42 Å². The van der Waals surface area contributed by atoms with Gasteiger partial charge in [0.05, 0.1) is 6.10 Å². The maximum absolute atomic E-state index is 5.83. The standard InChI is InChI=1S/C25H28N2O2/c1-15(2)13-18-9-11-21-20(18)7-6-8-22(21)24-26-25(29-27-24)19-10-12-23(17(5)14-19)28-16(3)4/h6-10,12,14-16H,11,13H2,1-5H3. The van der Waals surface area contributed by atoms with Gasteiger partial charge in [-0.15, -0.1) is 0 Å². The molecule has 0 amide bonds. The molecule has 0 spiro atoms. The number of ether oxygens (including phenoxy) is 1. The molecule has 2 aromatic carbocycles. The second kappa shape index (κ2) is 7.86. The van der Waals surface area contributed by atoms with E-state index in [4.69, 9.17) is 14.2 Å². The molecular formula is C25H28N2O2. The minimum atomic E-state index is 0.143. The van der Waals surface area contributed by atoms with E-state index in [1.54, 1.807) is 0 Å². The van der Waals surface area contributed by atoms with Crippen LogP contribution in [0.15, 0.2) is 47.0 Å². The summed E-state index contributed by atoms with van der Waals surface area (Å²) in [5.41, 5.74) is 7.07. The van der Waals surface area contributed by atoms with Crippen LogP contribution >= 0.6 is 0 Å². The first kappa shape index (κ1) is 19.4. The largest absolute Gasteiger partial charge is 0.491 e. The number of rotatable bonds is 6. The minimum Gasteiger partial charge on any atom is -0.491 e. The molecule has 4 heteroatoms. The van der Waals surface area contributed by atoms with Crippen molar-refractivity contribution in [1.82, 2.24) is 10.1 Å². The summed E-state index contributed by atoms with van der Waals surface area (Å²) in [5.74, 6) is 2.70. The highest BCUT2D eigenvalue weighted by atomic mass is 16.5. The first-order chi connectivity index (χ1) is 13.9. The van der Waals surface area contributed by atoms with E-state index in [-0.39, 0.29) is 6.10 Å². The fraction of sp³-hybridized carbons (Fsp3) is 0.360. The average Bonchev–Trinajstić information content (AvgIpc) is 3.30. The van der Waals surface area contributed by atoms with E-state index in [9.17, 15) is 0 Å². The minimum absolute atomic E-state index is 0.143. The zero-order valence-electron chi connectivity index (χ0n) is 17.8. The van der Waals surface area contributed by atoms with Gasteiger partial charge in [-0.2, -0.15) is 4.98 Å². The SMILES string of the molecule is Cc1cc(-c2nc(-c3cccc4c3CC=C4CC(C)C)no2)ccc1OC(C)C. The van der Waals surface area contributed by atoms with Crippen molar-refractivity contribution in [3.63, 3.8) is 0 Å². The molecule has 150 valence electrons. The van der Waals surface area contributed by atoms with Crippen molar-refractivity contribution >= 4 is 5.57 Å². The van der Waals surface area contributed by atoms with Gasteiger partial charge in [0.1, 0.15) is 5.75 Å². The predicted octanol–water partition coefficient (Wildman–Crippen LogP) is 6.48. The van der Waals surface area contributed by atoms with Gasteiger partial charge in [0, 0.05) is 11.1 Å². The van der Waals surface area contributed by atoms with Crippen molar-refractivity contribution < 1.29 is 9.26 Å². The van der Waals surface area contributed by atoms with Crippen LogP contribution in [0.2, 0.25) is 0 Å². The molecule has 1 aromatic heterocycles. The third-order valence-electron chi connectivity index (χ3n) is 5.15. The van der Waals surface area contributed by atoms with Gasteiger partial charge in [0.15, 0.2) is 0 Å². The highest BCUT2D eigenvalue weighted by Gasteiger charge is 2.21. The number of hydrogen-bond donors (Lipinski definition) is 0. The normalized spacial score (nSPS) is 13.1. The first-order valence-corrected chi connectivity index (χ1v) is 10.4. The predicted molar refractivity (Wildman–Crippen MR) is 117 cm³/mol. The van der Waals surface area contributed by atoms with Gasteiger partial charge >= 0.3 is 0 Å². The van der Waals surface area contributed by atoms with Crippen LogP contribution in [-0.4, -0.2) is 16.2 Å². The summed E-state index contributed by atoms with van der Waals surface area (Å²) in [7, 11) is 0. The molecule has 1 heterocycles. The van der Waals surface area contributed by atoms with Crippen LogP contribution in [0.3, 0.4) is 0 Å². The molecule has 0 atom stereocenters. The van der Waals surface area contributed by atoms with Crippen LogP contribution in [0, 0.1) is 12.8 Å². The molecule has 1 aliphatic carbocycles. The Morgan fingerprint density at radius 3 is 2.59 bits per heavy atom. The number of allylic oxidation sites excluding steroid dienone is 2. The molecular weight excluding hydrogens is 360 g/mol. The van der Waals surface area contributed by atoms with Gasteiger partial charge in [-0.05, 0) is 80.0 Å². The lowest BCUT2D eigenvalue weighted by Crippen LogP contribution is -2.06. The molecule has 0 bridgehead atoms. The lowest BCUT2D eigenvalue weighted by atomic mass is 9.95. The van der Waals surface area contributed by atoms with Gasteiger partial charge in [0.2, 0.25) is 5.82 Å². The van der Waals surface area contributed by atoms with Crippen molar-refractivity contribution in [2.75, 3.05) is 0 Å². The Bertz CT molecular complexity index is 1060. The maximum atomic E-state index is 5.83. The van der Waals surface area contributed by atoms with E-state index in [0.717, 1.165) is 35.3 Å². The molecule has 0 fully saturated rings. The molecule has 0 saturated heterocycles. The molecule has 0 radical (unpaired) electrons. The molecule has 0 N–H and O–H groups in total. The van der Waals surface area contributed by atoms with Crippen LogP contribution in [0.4, 0.5) is 0 Å². The molecule has 4 rings (SSSR count). The zero-order valence-corrected chi connectivity index (χ0v) is 17.8. The van der Waals surface area contributed by atoms with E-state index in [1.165, 1.54) is 16.7 Å². The van der Waals surface area contributed by atoms with Crippen molar-refractivity contribution in [2.45, 2.75) is 53.6 Å². The smallest absolute Gasteiger partial charge is 0.258 e. The van der Waals surface area contributed by atoms with Gasteiger partial charge in [0.25, 0.3) is 5.89 Å². The number of aromatic nitrogens is 2. The molecule has 0 saturated carbocycles. The van der Waals surface area contributed by atoms with Crippen LogP contribution in [0.1, 0.15) is 50.8 Å². The van der Waals surface area contributed by atoms with Crippen molar-refractivity contribution in [1.29, 1.82) is 0 Å². The fourth-order valence-electron chi connectivity index (χ4n) is 3.90. The van der Waals surface area contributed by atoms with Crippen molar-refractivity contribution in [3.05, 3.63) is 59.2 Å². The Balaban J connectivity index is 1.63. The second-order valence-corrected chi connectivity index (χ2v) is 8.43. The van der Waals surface area contributed by atoms with E-state index < -0.39 is 0 Å². The van der Waals surface area contributed by atoms with Crippen molar-refractivity contribution in [2.24, 2.45) is 5.92 Å².